The van der Waals surface area contributed by atoms with Gasteiger partial charge in [-0.25, -0.2) is 0 Å². The number of nitrogens with one attached hydrogen (secondary N) is 2. The predicted octanol–water partition coefficient (Wildman–Crippen LogP) is 3.05. The van der Waals surface area contributed by atoms with E-state index >= 15 is 0 Å². The largest absolute Gasteiger partial charge is 0.496 e. The number of hydrogen-bond acceptors (Lipinski definition) is 3. The Kier molecular flexibility index (Phi) is 4.60. The molecule has 0 saturated carbocycles. The number of anilines is 2. The number of amides is 1. The third-order valence-electron chi connectivity index (χ3n) is 2.91. The fraction of sp³-hybridized carbons (Fsp3) is 0.188. The zero-order chi connectivity index (χ0) is 14.4. The van der Waals surface area contributed by atoms with Crippen LogP contribution in [0.4, 0.5) is 11.4 Å². The first kappa shape index (κ1) is 13.9. The van der Waals surface area contributed by atoms with Crippen LogP contribution in [0.3, 0.4) is 0 Å². The summed E-state index contributed by atoms with van der Waals surface area (Å²) in [6, 6.07) is 15.1. The smallest absolute Gasteiger partial charge is 0.243 e. The third-order valence-corrected chi connectivity index (χ3v) is 2.91. The molecule has 0 aromatic heterocycles. The van der Waals surface area contributed by atoms with E-state index in [1.807, 2.05) is 55.5 Å². The molecule has 0 heterocycles. The molecular formula is C16H18N2O2. The van der Waals surface area contributed by atoms with Crippen LogP contribution in [0.15, 0.2) is 48.5 Å². The van der Waals surface area contributed by atoms with Gasteiger partial charge in [0.25, 0.3) is 0 Å². The predicted molar refractivity (Wildman–Crippen MR) is 81.3 cm³/mol. The summed E-state index contributed by atoms with van der Waals surface area (Å²) in [5.74, 6) is 0.758. The number of ether oxygens (including phenoxy) is 1. The molecule has 104 valence electrons. The molecule has 0 unspecified atom stereocenters. The van der Waals surface area contributed by atoms with Gasteiger partial charge in [-0.3, -0.25) is 4.79 Å². The van der Waals surface area contributed by atoms with Crippen molar-refractivity contribution in [1.29, 1.82) is 0 Å². The van der Waals surface area contributed by atoms with Crippen LogP contribution in [0, 0.1) is 6.92 Å². The zero-order valence-corrected chi connectivity index (χ0v) is 11.6. The van der Waals surface area contributed by atoms with E-state index in [9.17, 15) is 4.79 Å². The van der Waals surface area contributed by atoms with E-state index in [1.165, 1.54) is 0 Å². The summed E-state index contributed by atoms with van der Waals surface area (Å²) in [4.78, 5) is 11.8. The average Bonchev–Trinajstić information content (AvgIpc) is 2.46. The summed E-state index contributed by atoms with van der Waals surface area (Å²) in [5.41, 5.74) is 2.72. The van der Waals surface area contributed by atoms with Gasteiger partial charge in [0, 0.05) is 11.4 Å². The maximum atomic E-state index is 11.8. The molecule has 2 aromatic carbocycles. The Morgan fingerprint density at radius 2 is 1.85 bits per heavy atom. The highest BCUT2D eigenvalue weighted by Gasteiger charge is 2.03. The van der Waals surface area contributed by atoms with Gasteiger partial charge in [0.1, 0.15) is 5.75 Å². The van der Waals surface area contributed by atoms with Gasteiger partial charge in [-0.1, -0.05) is 18.2 Å². The fourth-order valence-corrected chi connectivity index (χ4v) is 1.90. The molecule has 0 bridgehead atoms. The summed E-state index contributed by atoms with van der Waals surface area (Å²) in [5, 5.41) is 5.91. The second-order valence-electron chi connectivity index (χ2n) is 4.45. The Morgan fingerprint density at radius 3 is 2.50 bits per heavy atom. The second kappa shape index (κ2) is 6.61. The SMILES string of the molecule is COc1ccc(NCC(=O)Nc2ccccc2)cc1C. The summed E-state index contributed by atoms with van der Waals surface area (Å²) >= 11 is 0. The van der Waals surface area contributed by atoms with Crippen LogP contribution >= 0.6 is 0 Å². The first-order valence-corrected chi connectivity index (χ1v) is 6.42. The molecule has 20 heavy (non-hydrogen) atoms. The van der Waals surface area contributed by atoms with E-state index in [4.69, 9.17) is 4.74 Å². The van der Waals surface area contributed by atoms with Crippen LogP contribution in [0.1, 0.15) is 5.56 Å². The highest BCUT2D eigenvalue weighted by Crippen LogP contribution is 2.21. The maximum Gasteiger partial charge on any atom is 0.243 e. The summed E-state index contributed by atoms with van der Waals surface area (Å²) in [6.07, 6.45) is 0. The number of rotatable bonds is 5. The van der Waals surface area contributed by atoms with E-state index in [2.05, 4.69) is 10.6 Å². The number of benzene rings is 2. The molecule has 0 spiro atoms. The van der Waals surface area contributed by atoms with Crippen LogP contribution in [-0.4, -0.2) is 19.6 Å². The van der Waals surface area contributed by atoms with Gasteiger partial charge in [0.2, 0.25) is 5.91 Å². The first-order valence-electron chi connectivity index (χ1n) is 6.42. The summed E-state index contributed by atoms with van der Waals surface area (Å²) < 4.78 is 5.20. The van der Waals surface area contributed by atoms with Crippen molar-refractivity contribution >= 4 is 17.3 Å². The van der Waals surface area contributed by atoms with Gasteiger partial charge < -0.3 is 15.4 Å². The summed E-state index contributed by atoms with van der Waals surface area (Å²) in [7, 11) is 1.64. The van der Waals surface area contributed by atoms with Crippen LogP contribution < -0.4 is 15.4 Å². The van der Waals surface area contributed by atoms with Crippen LogP contribution in [0.5, 0.6) is 5.75 Å². The van der Waals surface area contributed by atoms with Crippen molar-refractivity contribution in [3.63, 3.8) is 0 Å². The van der Waals surface area contributed by atoms with Gasteiger partial charge in [0.05, 0.1) is 13.7 Å². The fourth-order valence-electron chi connectivity index (χ4n) is 1.90. The molecule has 0 saturated heterocycles. The second-order valence-corrected chi connectivity index (χ2v) is 4.45. The molecule has 0 atom stereocenters. The molecule has 0 aliphatic rings. The molecule has 2 N–H and O–H groups in total. The lowest BCUT2D eigenvalue weighted by atomic mass is 10.2. The van der Waals surface area contributed by atoms with Crippen molar-refractivity contribution in [2.45, 2.75) is 6.92 Å². The summed E-state index contributed by atoms with van der Waals surface area (Å²) in [6.45, 7) is 2.19. The van der Waals surface area contributed by atoms with Crippen LogP contribution in [0.2, 0.25) is 0 Å². The van der Waals surface area contributed by atoms with Crippen molar-refractivity contribution in [1.82, 2.24) is 0 Å². The van der Waals surface area contributed by atoms with Crippen LogP contribution in [-0.2, 0) is 4.79 Å². The molecule has 0 aliphatic heterocycles. The third kappa shape index (κ3) is 3.75. The van der Waals surface area contributed by atoms with E-state index in [-0.39, 0.29) is 12.5 Å². The number of methoxy groups -OCH3 is 1. The normalized spacial score (nSPS) is 9.90. The first-order chi connectivity index (χ1) is 9.69. The highest BCUT2D eigenvalue weighted by atomic mass is 16.5. The number of carbonyl (C=O) groups excluding carboxylic acids is 1. The van der Waals surface area contributed by atoms with E-state index in [1.54, 1.807) is 7.11 Å². The van der Waals surface area contributed by atoms with Crippen molar-refractivity contribution in [2.24, 2.45) is 0 Å². The molecule has 4 heteroatoms. The number of para-hydroxylation sites is 1. The zero-order valence-electron chi connectivity index (χ0n) is 11.6. The Morgan fingerprint density at radius 1 is 1.10 bits per heavy atom. The Balaban J connectivity index is 1.89. The molecule has 0 fully saturated rings. The molecule has 2 rings (SSSR count). The van der Waals surface area contributed by atoms with Crippen molar-refractivity contribution in [3.05, 3.63) is 54.1 Å². The minimum Gasteiger partial charge on any atom is -0.496 e. The average molecular weight is 270 g/mol. The van der Waals surface area contributed by atoms with E-state index in [0.717, 1.165) is 22.7 Å². The Hall–Kier alpha value is -2.49. The lowest BCUT2D eigenvalue weighted by Crippen LogP contribution is -2.21. The molecule has 1 amide bonds. The quantitative estimate of drug-likeness (QED) is 0.878. The standard InChI is InChI=1S/C16H18N2O2/c1-12-10-14(8-9-15(12)20-2)17-11-16(19)18-13-6-4-3-5-7-13/h3-10,17H,11H2,1-2H3,(H,18,19). The number of hydrogen-bond donors (Lipinski definition) is 2. The van der Waals surface area contributed by atoms with Gasteiger partial charge in [-0.2, -0.15) is 0 Å². The molecule has 0 radical (unpaired) electrons. The monoisotopic (exact) mass is 270 g/mol. The lowest BCUT2D eigenvalue weighted by molar-refractivity contribution is -0.114. The van der Waals surface area contributed by atoms with Crippen molar-refractivity contribution in [3.8, 4) is 5.75 Å². The van der Waals surface area contributed by atoms with Gasteiger partial charge in [-0.15, -0.1) is 0 Å². The van der Waals surface area contributed by atoms with Crippen molar-refractivity contribution in [2.75, 3.05) is 24.3 Å². The molecular weight excluding hydrogens is 252 g/mol. The minimum absolute atomic E-state index is 0.0790. The van der Waals surface area contributed by atoms with Gasteiger partial charge >= 0.3 is 0 Å². The highest BCUT2D eigenvalue weighted by molar-refractivity contribution is 5.93. The molecule has 0 aliphatic carbocycles. The topological polar surface area (TPSA) is 50.4 Å². The maximum absolute atomic E-state index is 11.8. The van der Waals surface area contributed by atoms with Crippen LogP contribution in [0.25, 0.3) is 0 Å². The van der Waals surface area contributed by atoms with E-state index in [0.29, 0.717) is 0 Å². The van der Waals surface area contributed by atoms with E-state index < -0.39 is 0 Å². The Bertz CT molecular complexity index is 582. The molecule has 4 nitrogen and oxygen atoms in total. The van der Waals surface area contributed by atoms with Crippen molar-refractivity contribution < 1.29 is 9.53 Å². The Labute approximate surface area is 118 Å². The molecule has 2 aromatic rings. The number of carbonyl (C=O) groups is 1. The van der Waals surface area contributed by atoms with Gasteiger partial charge in [-0.05, 0) is 42.8 Å². The number of aryl methyl sites for hydroxylation is 1. The lowest BCUT2D eigenvalue weighted by Gasteiger charge is -2.10. The minimum atomic E-state index is -0.0790. The van der Waals surface area contributed by atoms with Gasteiger partial charge in [0.15, 0.2) is 0 Å².